The van der Waals surface area contributed by atoms with Gasteiger partial charge in [0.15, 0.2) is 6.29 Å². The minimum absolute atomic E-state index is 0.0848. The summed E-state index contributed by atoms with van der Waals surface area (Å²) < 4.78 is 34.9. The lowest BCUT2D eigenvalue weighted by Gasteiger charge is -2.43. The number of aliphatic hydroxyl groups excluding tert-OH is 1. The number of rotatable bonds is 4. The quantitative estimate of drug-likeness (QED) is 0.254. The number of ether oxygens (including phenoxy) is 2. The summed E-state index contributed by atoms with van der Waals surface area (Å²) in [5.74, 6) is -1.46. The number of aliphatic hydroxyl groups is 1. The number of nitrogens with one attached hydrogen (secondary N) is 1. The number of aromatic nitrogens is 1. The molecule has 3 aliphatic rings. The summed E-state index contributed by atoms with van der Waals surface area (Å²) in [5.41, 5.74) is 3.52. The van der Waals surface area contributed by atoms with E-state index in [1.165, 1.54) is 22.4 Å². The van der Waals surface area contributed by atoms with Crippen LogP contribution in [-0.2, 0) is 34.7 Å². The molecule has 0 spiro atoms. The average Bonchev–Trinajstić information content (AvgIpc) is 3.47. The molecule has 6 rings (SSSR count). The number of fused-ring (bicyclic) bond motifs is 3. The molecule has 1 fully saturated rings. The highest BCUT2D eigenvalue weighted by Crippen LogP contribution is 2.42. The third-order valence-corrected chi connectivity index (χ3v) is 12.5. The molecule has 0 radical (unpaired) electrons. The molecule has 1 saturated carbocycles. The molecule has 272 valence electrons. The minimum Gasteiger partial charge on any atom is -0.491 e. The molecular formula is C38H45ClN4O7S. The van der Waals surface area contributed by atoms with Gasteiger partial charge in [-0.05, 0) is 97.4 Å². The van der Waals surface area contributed by atoms with E-state index < -0.39 is 33.8 Å². The Kier molecular flexibility index (Phi) is 11.4. The molecule has 2 aliphatic heterocycles. The Bertz CT molecular complexity index is 1950. The number of halogens is 1. The summed E-state index contributed by atoms with van der Waals surface area (Å²) in [6.07, 6.45) is 8.75. The number of hydrogen-bond acceptors (Lipinski definition) is 8. The number of nitrogens with zero attached hydrogens (tertiary/aromatic N) is 3. The predicted octanol–water partition coefficient (Wildman–Crippen LogP) is 5.77. The lowest BCUT2D eigenvalue weighted by atomic mass is 9.70. The van der Waals surface area contributed by atoms with Crippen molar-refractivity contribution in [2.24, 2.45) is 29.2 Å². The molecular weight excluding hydrogens is 692 g/mol. The van der Waals surface area contributed by atoms with Gasteiger partial charge in [-0.25, -0.2) is 4.21 Å². The number of aryl methyl sites for hydroxylation is 2. The number of aldehydes is 1. The fraction of sp³-hybridized carbons (Fsp3) is 0.447. The molecule has 0 saturated heterocycles. The zero-order valence-corrected chi connectivity index (χ0v) is 30.7. The molecule has 2 amide bonds. The van der Waals surface area contributed by atoms with Crippen molar-refractivity contribution in [2.45, 2.75) is 57.8 Å². The van der Waals surface area contributed by atoms with Crippen LogP contribution < -0.4 is 14.4 Å². The van der Waals surface area contributed by atoms with Gasteiger partial charge in [0.25, 0.3) is 11.8 Å². The van der Waals surface area contributed by atoms with Crippen LogP contribution in [0.4, 0.5) is 5.69 Å². The lowest BCUT2D eigenvalue weighted by Crippen LogP contribution is -2.43. The van der Waals surface area contributed by atoms with E-state index in [2.05, 4.69) is 20.1 Å². The standard InChI is InChI=1S/C38H45ClN4O7S/c1-24-23-51(48,41-38(47)29-17-31(22-44)42(2)19-29)40-37(46)26-9-13-36-33(18-26)43(21-28-8-11-32(28)35(49-3)14-12-34(24)45)20-27-7-10-30(39)16-25(27)6-4-5-15-50-36/h7,9-10,12-14,16-19,22,24,28,32,34-35,45H,4-6,8,11,15,20-21,23H2,1-3H3,(H,40,41,46,47,48)/b14-12+/t24-,28+,32-,34+,35+,51?/m1/s1. The highest BCUT2D eigenvalue weighted by atomic mass is 35.5. The second kappa shape index (κ2) is 15.7. The van der Waals surface area contributed by atoms with Crippen LogP contribution in [-0.4, -0.2) is 70.2 Å². The lowest BCUT2D eigenvalue weighted by molar-refractivity contribution is 0.0126. The maximum absolute atomic E-state index is 14.5. The first-order valence-electron chi connectivity index (χ1n) is 17.4. The fourth-order valence-electron chi connectivity index (χ4n) is 7.17. The molecule has 11 nitrogen and oxygen atoms in total. The van der Waals surface area contributed by atoms with E-state index in [1.807, 2.05) is 18.2 Å². The van der Waals surface area contributed by atoms with Crippen molar-refractivity contribution in [3.05, 3.63) is 93.8 Å². The van der Waals surface area contributed by atoms with E-state index in [0.717, 1.165) is 37.7 Å². The van der Waals surface area contributed by atoms with Gasteiger partial charge in [-0.2, -0.15) is 0 Å². The Morgan fingerprint density at radius 2 is 1.96 bits per heavy atom. The maximum atomic E-state index is 14.5. The number of benzene rings is 2. The van der Waals surface area contributed by atoms with Crippen LogP contribution in [0.1, 0.15) is 74.9 Å². The third kappa shape index (κ3) is 8.41. The van der Waals surface area contributed by atoms with Gasteiger partial charge in [0.05, 0.1) is 41.5 Å². The van der Waals surface area contributed by atoms with E-state index in [9.17, 15) is 23.7 Å². The summed E-state index contributed by atoms with van der Waals surface area (Å²) in [7, 11) is -0.526. The highest BCUT2D eigenvalue weighted by molar-refractivity contribution is 7.92. The summed E-state index contributed by atoms with van der Waals surface area (Å²) in [6.45, 7) is 3.36. The van der Waals surface area contributed by atoms with Crippen molar-refractivity contribution in [3.63, 3.8) is 0 Å². The number of methoxy groups -OCH3 is 1. The molecule has 2 bridgehead atoms. The van der Waals surface area contributed by atoms with Gasteiger partial charge in [-0.3, -0.25) is 19.1 Å². The number of carbonyl (C=O) groups is 3. The van der Waals surface area contributed by atoms with Gasteiger partial charge >= 0.3 is 0 Å². The van der Waals surface area contributed by atoms with Crippen LogP contribution >= 0.6 is 11.6 Å². The van der Waals surface area contributed by atoms with Gasteiger partial charge in [0.1, 0.15) is 15.7 Å². The monoisotopic (exact) mass is 736 g/mol. The topological polar surface area (TPSA) is 140 Å². The van der Waals surface area contributed by atoms with Crippen molar-refractivity contribution >= 4 is 45.3 Å². The number of amides is 2. The predicted molar refractivity (Wildman–Crippen MR) is 197 cm³/mol. The molecule has 51 heavy (non-hydrogen) atoms. The normalized spacial score (nSPS) is 27.7. The van der Waals surface area contributed by atoms with Crippen LogP contribution in [0, 0.1) is 17.8 Å². The minimum atomic E-state index is -3.79. The SMILES string of the molecule is CO[C@H]1/C=C/[C@H](O)[C@H](C)CS(=O)(NC(=O)c2cc(C=O)n(C)c2)=NC(=O)c2ccc3c(c2)N(Cc2ccc(Cl)cc2CCCCO3)C[C@@H]2CC[C@H]21. The second-order valence-electron chi connectivity index (χ2n) is 13.9. The van der Waals surface area contributed by atoms with Gasteiger partial charge in [-0.1, -0.05) is 36.7 Å². The van der Waals surface area contributed by atoms with Gasteiger partial charge in [0, 0.05) is 44.0 Å². The number of carbonyl (C=O) groups excluding carboxylic acids is 3. The number of hydrogen-bond donors (Lipinski definition) is 2. The summed E-state index contributed by atoms with van der Waals surface area (Å²) in [5, 5.41) is 11.9. The first-order valence-corrected chi connectivity index (χ1v) is 19.4. The molecule has 1 unspecified atom stereocenters. The largest absolute Gasteiger partial charge is 0.491 e. The van der Waals surface area contributed by atoms with Crippen LogP contribution in [0.25, 0.3) is 0 Å². The van der Waals surface area contributed by atoms with Gasteiger partial charge < -0.3 is 24.0 Å². The molecule has 2 aromatic carbocycles. The second-order valence-corrected chi connectivity index (χ2v) is 16.3. The molecule has 2 N–H and O–H groups in total. The van der Waals surface area contributed by atoms with Crippen molar-refractivity contribution in [3.8, 4) is 5.75 Å². The zero-order valence-electron chi connectivity index (χ0n) is 29.1. The number of anilines is 1. The average molecular weight is 737 g/mol. The summed E-state index contributed by atoms with van der Waals surface area (Å²) in [6, 6.07) is 12.4. The summed E-state index contributed by atoms with van der Waals surface area (Å²) >= 11 is 6.45. The molecule has 1 aromatic heterocycles. The van der Waals surface area contributed by atoms with Crippen LogP contribution in [0.15, 0.2) is 65.2 Å². The molecule has 13 heteroatoms. The van der Waals surface area contributed by atoms with Gasteiger partial charge in [-0.15, -0.1) is 4.36 Å². The Morgan fingerprint density at radius 3 is 2.69 bits per heavy atom. The van der Waals surface area contributed by atoms with E-state index in [0.29, 0.717) is 42.4 Å². The Labute approximate surface area is 304 Å². The van der Waals surface area contributed by atoms with E-state index in [-0.39, 0.29) is 40.5 Å². The van der Waals surface area contributed by atoms with Gasteiger partial charge in [0.2, 0.25) is 0 Å². The van der Waals surface area contributed by atoms with Crippen molar-refractivity contribution < 1.29 is 33.2 Å². The molecule has 6 atom stereocenters. The first kappa shape index (κ1) is 36.8. The van der Waals surface area contributed by atoms with Crippen molar-refractivity contribution in [1.82, 2.24) is 9.29 Å². The Morgan fingerprint density at radius 1 is 1.14 bits per heavy atom. The van der Waals surface area contributed by atoms with E-state index in [1.54, 1.807) is 45.4 Å². The summed E-state index contributed by atoms with van der Waals surface area (Å²) in [4.78, 5) is 41.0. The Balaban J connectivity index is 1.46. The van der Waals surface area contributed by atoms with Crippen LogP contribution in [0.3, 0.4) is 0 Å². The van der Waals surface area contributed by atoms with E-state index >= 15 is 0 Å². The smallest absolute Gasteiger partial charge is 0.286 e. The van der Waals surface area contributed by atoms with Crippen LogP contribution in [0.5, 0.6) is 5.75 Å². The van der Waals surface area contributed by atoms with E-state index in [4.69, 9.17) is 21.1 Å². The molecule has 3 aromatic rings. The third-order valence-electron chi connectivity index (χ3n) is 10.3. The zero-order chi connectivity index (χ0) is 36.3. The van der Waals surface area contributed by atoms with Crippen molar-refractivity contribution in [2.75, 3.05) is 30.9 Å². The Hall–Kier alpha value is -3.97. The fourth-order valence-corrected chi connectivity index (χ4v) is 9.26. The first-order chi connectivity index (χ1) is 24.5. The maximum Gasteiger partial charge on any atom is 0.286 e. The molecule has 3 heterocycles. The van der Waals surface area contributed by atoms with Crippen LogP contribution in [0.2, 0.25) is 5.02 Å². The van der Waals surface area contributed by atoms with Crippen molar-refractivity contribution in [1.29, 1.82) is 0 Å². The highest BCUT2D eigenvalue weighted by Gasteiger charge is 2.38. The molecule has 1 aliphatic carbocycles.